The van der Waals surface area contributed by atoms with Gasteiger partial charge in [0, 0.05) is 45.7 Å². The third-order valence-electron chi connectivity index (χ3n) is 2.60. The standard InChI is InChI=1S/C11H22N4O2/c1-2-4-13-10(16)3-5-12-6-8-15-9-7-14-11(15)17/h12H,2-9H2,1H3,(H,13,16)(H,14,17). The average molecular weight is 242 g/mol. The molecule has 0 aromatic heterocycles. The molecule has 6 heteroatoms. The lowest BCUT2D eigenvalue weighted by molar-refractivity contribution is -0.120. The Kier molecular flexibility index (Phi) is 6.39. The summed E-state index contributed by atoms with van der Waals surface area (Å²) in [5.41, 5.74) is 0. The molecule has 17 heavy (non-hydrogen) atoms. The molecule has 3 N–H and O–H groups in total. The Hall–Kier alpha value is -1.30. The molecule has 1 saturated heterocycles. The van der Waals surface area contributed by atoms with E-state index in [4.69, 9.17) is 0 Å². The van der Waals surface area contributed by atoms with Gasteiger partial charge in [-0.2, -0.15) is 0 Å². The fourth-order valence-electron chi connectivity index (χ4n) is 1.62. The molecular weight excluding hydrogens is 220 g/mol. The van der Waals surface area contributed by atoms with E-state index in [1.54, 1.807) is 4.90 Å². The third-order valence-corrected chi connectivity index (χ3v) is 2.60. The first-order chi connectivity index (χ1) is 8.24. The molecule has 0 unspecified atom stereocenters. The second-order valence-electron chi connectivity index (χ2n) is 4.07. The summed E-state index contributed by atoms with van der Waals surface area (Å²) < 4.78 is 0. The number of rotatable bonds is 8. The van der Waals surface area contributed by atoms with Crippen molar-refractivity contribution in [3.05, 3.63) is 0 Å². The van der Waals surface area contributed by atoms with Gasteiger partial charge >= 0.3 is 6.03 Å². The predicted octanol–water partition coefficient (Wildman–Crippen LogP) is -0.482. The van der Waals surface area contributed by atoms with E-state index in [9.17, 15) is 9.59 Å². The summed E-state index contributed by atoms with van der Waals surface area (Å²) in [6.45, 7) is 6.37. The first-order valence-corrected chi connectivity index (χ1v) is 6.24. The van der Waals surface area contributed by atoms with Crippen molar-refractivity contribution in [3.63, 3.8) is 0 Å². The molecule has 3 amide bonds. The number of nitrogens with one attached hydrogen (secondary N) is 3. The normalized spacial score (nSPS) is 14.9. The number of carbonyl (C=O) groups is 2. The maximum atomic E-state index is 11.2. The van der Waals surface area contributed by atoms with Crippen LogP contribution in [0.15, 0.2) is 0 Å². The van der Waals surface area contributed by atoms with Gasteiger partial charge in [-0.25, -0.2) is 4.79 Å². The number of urea groups is 1. The molecule has 0 bridgehead atoms. The van der Waals surface area contributed by atoms with Gasteiger partial charge in [-0.05, 0) is 6.42 Å². The highest BCUT2D eigenvalue weighted by atomic mass is 16.2. The van der Waals surface area contributed by atoms with E-state index < -0.39 is 0 Å². The summed E-state index contributed by atoms with van der Waals surface area (Å²) in [4.78, 5) is 24.2. The fourth-order valence-corrected chi connectivity index (χ4v) is 1.62. The Morgan fingerprint density at radius 3 is 2.88 bits per heavy atom. The lowest BCUT2D eigenvalue weighted by atomic mass is 10.3. The lowest BCUT2D eigenvalue weighted by Crippen LogP contribution is -2.36. The van der Waals surface area contributed by atoms with Gasteiger partial charge < -0.3 is 20.9 Å². The topological polar surface area (TPSA) is 73.5 Å². The molecule has 1 rings (SSSR count). The summed E-state index contributed by atoms with van der Waals surface area (Å²) in [5, 5.41) is 8.72. The number of carbonyl (C=O) groups excluding carboxylic acids is 2. The highest BCUT2D eigenvalue weighted by Gasteiger charge is 2.17. The van der Waals surface area contributed by atoms with Crippen molar-refractivity contribution in [2.24, 2.45) is 0 Å². The van der Waals surface area contributed by atoms with Gasteiger partial charge in [0.1, 0.15) is 0 Å². The van der Waals surface area contributed by atoms with Crippen molar-refractivity contribution in [2.75, 3.05) is 39.3 Å². The number of hydrogen-bond acceptors (Lipinski definition) is 3. The van der Waals surface area contributed by atoms with Gasteiger partial charge in [-0.1, -0.05) is 6.92 Å². The smallest absolute Gasteiger partial charge is 0.317 e. The molecule has 1 aliphatic rings. The first-order valence-electron chi connectivity index (χ1n) is 6.24. The van der Waals surface area contributed by atoms with E-state index in [2.05, 4.69) is 16.0 Å². The molecule has 0 saturated carbocycles. The highest BCUT2D eigenvalue weighted by molar-refractivity contribution is 5.76. The van der Waals surface area contributed by atoms with Crippen LogP contribution in [0.1, 0.15) is 19.8 Å². The van der Waals surface area contributed by atoms with Crippen LogP contribution in [-0.4, -0.2) is 56.1 Å². The molecule has 1 aliphatic heterocycles. The molecule has 0 spiro atoms. The van der Waals surface area contributed by atoms with E-state index in [0.717, 1.165) is 32.6 Å². The molecule has 98 valence electrons. The maximum Gasteiger partial charge on any atom is 0.317 e. The first kappa shape index (κ1) is 13.8. The van der Waals surface area contributed by atoms with Crippen molar-refractivity contribution in [2.45, 2.75) is 19.8 Å². The molecule has 0 aromatic rings. The molecule has 0 aromatic carbocycles. The molecule has 0 atom stereocenters. The van der Waals surface area contributed by atoms with Gasteiger partial charge in [0.2, 0.25) is 5.91 Å². The van der Waals surface area contributed by atoms with Crippen molar-refractivity contribution in [3.8, 4) is 0 Å². The Labute approximate surface area is 102 Å². The molecular formula is C11H22N4O2. The molecule has 6 nitrogen and oxygen atoms in total. The van der Waals surface area contributed by atoms with Gasteiger partial charge in [-0.3, -0.25) is 4.79 Å². The van der Waals surface area contributed by atoms with Crippen LogP contribution in [0.5, 0.6) is 0 Å². The van der Waals surface area contributed by atoms with E-state index in [1.165, 1.54) is 0 Å². The number of nitrogens with zero attached hydrogens (tertiary/aromatic N) is 1. The van der Waals surface area contributed by atoms with Crippen LogP contribution in [0.2, 0.25) is 0 Å². The Morgan fingerprint density at radius 2 is 2.24 bits per heavy atom. The molecule has 0 aliphatic carbocycles. The van der Waals surface area contributed by atoms with Crippen molar-refractivity contribution in [1.29, 1.82) is 0 Å². The Balaban J connectivity index is 1.93. The zero-order valence-corrected chi connectivity index (χ0v) is 10.4. The highest BCUT2D eigenvalue weighted by Crippen LogP contribution is 1.94. The van der Waals surface area contributed by atoms with Crippen LogP contribution >= 0.6 is 0 Å². The minimum absolute atomic E-state index is 0.00693. The van der Waals surface area contributed by atoms with E-state index in [1.807, 2.05) is 6.92 Å². The maximum absolute atomic E-state index is 11.2. The quantitative estimate of drug-likeness (QED) is 0.503. The number of amides is 3. The van der Waals surface area contributed by atoms with Gasteiger partial charge in [0.25, 0.3) is 0 Å². The summed E-state index contributed by atoms with van der Waals surface area (Å²) in [6.07, 6.45) is 1.45. The van der Waals surface area contributed by atoms with Crippen LogP contribution in [0.3, 0.4) is 0 Å². The van der Waals surface area contributed by atoms with Crippen LogP contribution in [0.25, 0.3) is 0 Å². The monoisotopic (exact) mass is 242 g/mol. The largest absolute Gasteiger partial charge is 0.356 e. The minimum Gasteiger partial charge on any atom is -0.356 e. The third kappa shape index (κ3) is 5.53. The van der Waals surface area contributed by atoms with Gasteiger partial charge in [0.05, 0.1) is 0 Å². The second-order valence-corrected chi connectivity index (χ2v) is 4.07. The van der Waals surface area contributed by atoms with Gasteiger partial charge in [0.15, 0.2) is 0 Å². The zero-order chi connectivity index (χ0) is 12.5. The van der Waals surface area contributed by atoms with Gasteiger partial charge in [-0.15, -0.1) is 0 Å². The van der Waals surface area contributed by atoms with Crippen molar-refractivity contribution >= 4 is 11.9 Å². The lowest BCUT2D eigenvalue weighted by Gasteiger charge is -2.14. The van der Waals surface area contributed by atoms with E-state index in [-0.39, 0.29) is 11.9 Å². The predicted molar refractivity (Wildman–Crippen MR) is 65.8 cm³/mol. The second kappa shape index (κ2) is 7.89. The fraction of sp³-hybridized carbons (Fsp3) is 0.818. The van der Waals surface area contributed by atoms with Crippen molar-refractivity contribution in [1.82, 2.24) is 20.9 Å². The average Bonchev–Trinajstić information content (AvgIpc) is 2.72. The SMILES string of the molecule is CCCNC(=O)CCNCCN1CCNC1=O. The van der Waals surface area contributed by atoms with Crippen molar-refractivity contribution < 1.29 is 9.59 Å². The summed E-state index contributed by atoms with van der Waals surface area (Å²) in [7, 11) is 0. The summed E-state index contributed by atoms with van der Waals surface area (Å²) in [6, 6.07) is 0.00693. The minimum atomic E-state index is 0.00693. The number of hydrogen-bond donors (Lipinski definition) is 3. The van der Waals surface area contributed by atoms with E-state index >= 15 is 0 Å². The van der Waals surface area contributed by atoms with Crippen LogP contribution in [0.4, 0.5) is 4.79 Å². The Morgan fingerprint density at radius 1 is 1.41 bits per heavy atom. The summed E-state index contributed by atoms with van der Waals surface area (Å²) in [5.74, 6) is 0.0817. The van der Waals surface area contributed by atoms with Crippen LogP contribution < -0.4 is 16.0 Å². The summed E-state index contributed by atoms with van der Waals surface area (Å²) >= 11 is 0. The zero-order valence-electron chi connectivity index (χ0n) is 10.4. The molecule has 1 heterocycles. The molecule has 0 radical (unpaired) electrons. The van der Waals surface area contributed by atoms with E-state index in [0.29, 0.717) is 19.5 Å². The molecule has 1 fully saturated rings. The van der Waals surface area contributed by atoms with Crippen LogP contribution in [-0.2, 0) is 4.79 Å². The Bertz CT molecular complexity index is 258. The van der Waals surface area contributed by atoms with Crippen LogP contribution in [0, 0.1) is 0 Å².